The van der Waals surface area contributed by atoms with Crippen molar-refractivity contribution >= 4 is 32.6 Å². The van der Waals surface area contributed by atoms with Gasteiger partial charge in [0.15, 0.2) is 0 Å². The van der Waals surface area contributed by atoms with E-state index >= 15 is 0 Å². The van der Waals surface area contributed by atoms with Gasteiger partial charge in [-0.25, -0.2) is 9.78 Å². The molecule has 0 saturated heterocycles. The summed E-state index contributed by atoms with van der Waals surface area (Å²) in [5.41, 5.74) is 2.47. The lowest BCUT2D eigenvalue weighted by atomic mass is 10.3. The Morgan fingerprint density at radius 1 is 1.36 bits per heavy atom. The predicted octanol–water partition coefficient (Wildman–Crippen LogP) is 1.77. The topological polar surface area (TPSA) is 61.5 Å². The number of benzene rings is 1. The number of hydrogen-bond acceptors (Lipinski definition) is 3. The molecule has 3 aromatic rings. The molecule has 0 aliphatic carbocycles. The maximum Gasteiger partial charge on any atom is 0.323 e. The molecular formula is C9H7N3OS. The highest BCUT2D eigenvalue weighted by atomic mass is 32.1. The summed E-state index contributed by atoms with van der Waals surface area (Å²) in [5.74, 6) is 0. The molecule has 2 heterocycles. The second-order valence-corrected chi connectivity index (χ2v) is 4.35. The lowest BCUT2D eigenvalue weighted by Gasteiger charge is -1.88. The van der Waals surface area contributed by atoms with E-state index in [1.165, 1.54) is 0 Å². The van der Waals surface area contributed by atoms with Crippen molar-refractivity contribution in [1.29, 1.82) is 0 Å². The van der Waals surface area contributed by atoms with E-state index < -0.39 is 0 Å². The summed E-state index contributed by atoms with van der Waals surface area (Å²) >= 11 is 1.59. The molecular weight excluding hydrogens is 198 g/mol. The molecule has 4 nitrogen and oxygen atoms in total. The van der Waals surface area contributed by atoms with Gasteiger partial charge in [0, 0.05) is 0 Å². The molecule has 2 aromatic heterocycles. The van der Waals surface area contributed by atoms with Crippen LogP contribution in [-0.4, -0.2) is 15.0 Å². The van der Waals surface area contributed by atoms with Crippen LogP contribution in [0.2, 0.25) is 0 Å². The Hall–Kier alpha value is -1.62. The third kappa shape index (κ3) is 0.927. The maximum atomic E-state index is 11.1. The van der Waals surface area contributed by atoms with Crippen molar-refractivity contribution in [3.8, 4) is 0 Å². The lowest BCUT2D eigenvalue weighted by Crippen LogP contribution is -1.99. The quantitative estimate of drug-likeness (QED) is 0.587. The van der Waals surface area contributed by atoms with Gasteiger partial charge in [-0.05, 0) is 19.1 Å². The van der Waals surface area contributed by atoms with Crippen LogP contribution in [0.5, 0.6) is 0 Å². The first-order valence-corrected chi connectivity index (χ1v) is 5.04. The standard InChI is InChI=1S/C9H7N3OS/c1-4-10-6-3-2-5-7(8(6)14-4)12-9(13)11-5/h2-3H,1H3,(H2,11,12,13). The average molecular weight is 205 g/mol. The van der Waals surface area contributed by atoms with Crippen LogP contribution in [0.4, 0.5) is 0 Å². The second-order valence-electron chi connectivity index (χ2n) is 3.15. The number of imidazole rings is 1. The van der Waals surface area contributed by atoms with Gasteiger partial charge in [-0.3, -0.25) is 0 Å². The SMILES string of the molecule is Cc1nc2ccc3[nH]c(=O)[nH]c3c2s1. The summed E-state index contributed by atoms with van der Waals surface area (Å²) in [6.07, 6.45) is 0. The smallest absolute Gasteiger partial charge is 0.306 e. The number of nitrogens with zero attached hydrogens (tertiary/aromatic N) is 1. The van der Waals surface area contributed by atoms with Gasteiger partial charge in [-0.2, -0.15) is 0 Å². The van der Waals surface area contributed by atoms with Gasteiger partial charge >= 0.3 is 5.69 Å². The van der Waals surface area contributed by atoms with Crippen molar-refractivity contribution in [2.75, 3.05) is 0 Å². The minimum absolute atomic E-state index is 0.168. The van der Waals surface area contributed by atoms with Gasteiger partial charge in [0.2, 0.25) is 0 Å². The fraction of sp³-hybridized carbons (Fsp3) is 0.111. The molecule has 0 aliphatic rings. The molecule has 1 aromatic carbocycles. The van der Waals surface area contributed by atoms with E-state index in [0.29, 0.717) is 0 Å². The number of aromatic nitrogens is 3. The number of aromatic amines is 2. The molecule has 0 amide bonds. The van der Waals surface area contributed by atoms with E-state index in [9.17, 15) is 4.79 Å². The van der Waals surface area contributed by atoms with Crippen molar-refractivity contribution in [2.45, 2.75) is 6.92 Å². The van der Waals surface area contributed by atoms with Crippen LogP contribution in [0.3, 0.4) is 0 Å². The van der Waals surface area contributed by atoms with Crippen molar-refractivity contribution < 1.29 is 0 Å². The molecule has 0 unspecified atom stereocenters. The number of nitrogens with one attached hydrogen (secondary N) is 2. The Balaban J connectivity index is 2.65. The van der Waals surface area contributed by atoms with Crippen LogP contribution in [0.15, 0.2) is 16.9 Å². The van der Waals surface area contributed by atoms with Crippen LogP contribution < -0.4 is 5.69 Å². The van der Waals surface area contributed by atoms with E-state index in [1.807, 2.05) is 19.1 Å². The highest BCUT2D eigenvalue weighted by molar-refractivity contribution is 7.19. The monoisotopic (exact) mass is 205 g/mol. The van der Waals surface area contributed by atoms with E-state index in [-0.39, 0.29) is 5.69 Å². The first-order chi connectivity index (χ1) is 6.74. The van der Waals surface area contributed by atoms with Gasteiger partial charge in [0.1, 0.15) is 0 Å². The fourth-order valence-electron chi connectivity index (χ4n) is 1.60. The van der Waals surface area contributed by atoms with Gasteiger partial charge < -0.3 is 9.97 Å². The largest absolute Gasteiger partial charge is 0.323 e. The molecule has 14 heavy (non-hydrogen) atoms. The number of H-pyrrole nitrogens is 2. The highest BCUT2D eigenvalue weighted by Gasteiger charge is 2.06. The van der Waals surface area contributed by atoms with Crippen molar-refractivity contribution in [3.05, 3.63) is 27.6 Å². The van der Waals surface area contributed by atoms with Crippen LogP contribution in [0.25, 0.3) is 21.3 Å². The Kier molecular flexibility index (Phi) is 1.36. The number of thiazole rings is 1. The first kappa shape index (κ1) is 7.75. The Morgan fingerprint density at radius 2 is 2.21 bits per heavy atom. The Labute approximate surface area is 82.6 Å². The third-order valence-electron chi connectivity index (χ3n) is 2.15. The van der Waals surface area contributed by atoms with Gasteiger partial charge in [0.25, 0.3) is 0 Å². The molecule has 0 aliphatic heterocycles. The van der Waals surface area contributed by atoms with Crippen molar-refractivity contribution in [2.24, 2.45) is 0 Å². The fourth-order valence-corrected chi connectivity index (χ4v) is 2.52. The number of hydrogen-bond donors (Lipinski definition) is 2. The summed E-state index contributed by atoms with van der Waals surface area (Å²) < 4.78 is 1.04. The van der Waals surface area contributed by atoms with Crippen LogP contribution >= 0.6 is 11.3 Å². The van der Waals surface area contributed by atoms with Crippen molar-refractivity contribution in [1.82, 2.24) is 15.0 Å². The summed E-state index contributed by atoms with van der Waals surface area (Å²) in [5, 5.41) is 1.01. The molecule has 0 spiro atoms. The summed E-state index contributed by atoms with van der Waals surface area (Å²) in [4.78, 5) is 21.0. The minimum atomic E-state index is -0.168. The molecule has 0 fully saturated rings. The predicted molar refractivity (Wildman–Crippen MR) is 56.8 cm³/mol. The zero-order chi connectivity index (χ0) is 9.71. The normalized spacial score (nSPS) is 11.5. The van der Waals surface area contributed by atoms with Gasteiger partial charge in [-0.15, -0.1) is 11.3 Å². The molecule has 0 saturated carbocycles. The number of rotatable bonds is 0. The zero-order valence-corrected chi connectivity index (χ0v) is 8.23. The number of aryl methyl sites for hydroxylation is 1. The zero-order valence-electron chi connectivity index (χ0n) is 7.42. The number of fused-ring (bicyclic) bond motifs is 3. The molecule has 5 heteroatoms. The van der Waals surface area contributed by atoms with E-state index in [2.05, 4.69) is 15.0 Å². The molecule has 0 atom stereocenters. The molecule has 3 rings (SSSR count). The van der Waals surface area contributed by atoms with E-state index in [0.717, 1.165) is 26.3 Å². The van der Waals surface area contributed by atoms with E-state index in [4.69, 9.17) is 0 Å². The summed E-state index contributed by atoms with van der Waals surface area (Å²) in [7, 11) is 0. The average Bonchev–Trinajstić information content (AvgIpc) is 2.65. The van der Waals surface area contributed by atoms with Crippen LogP contribution in [0, 0.1) is 6.92 Å². The second kappa shape index (κ2) is 2.45. The van der Waals surface area contributed by atoms with E-state index in [1.54, 1.807) is 11.3 Å². The lowest BCUT2D eigenvalue weighted by molar-refractivity contribution is 1.22. The van der Waals surface area contributed by atoms with Crippen LogP contribution in [0.1, 0.15) is 5.01 Å². The molecule has 70 valence electrons. The minimum Gasteiger partial charge on any atom is -0.306 e. The summed E-state index contributed by atoms with van der Waals surface area (Å²) in [6, 6.07) is 3.79. The van der Waals surface area contributed by atoms with Gasteiger partial charge in [-0.1, -0.05) is 0 Å². The molecule has 2 N–H and O–H groups in total. The van der Waals surface area contributed by atoms with Gasteiger partial charge in [0.05, 0.1) is 26.3 Å². The Bertz CT molecular complexity index is 676. The third-order valence-corrected chi connectivity index (χ3v) is 3.16. The molecule has 0 radical (unpaired) electrons. The first-order valence-electron chi connectivity index (χ1n) is 4.22. The highest BCUT2D eigenvalue weighted by Crippen LogP contribution is 2.26. The van der Waals surface area contributed by atoms with Crippen LogP contribution in [-0.2, 0) is 0 Å². The molecule has 0 bridgehead atoms. The van der Waals surface area contributed by atoms with Crippen molar-refractivity contribution in [3.63, 3.8) is 0 Å². The Morgan fingerprint density at radius 3 is 3.07 bits per heavy atom. The maximum absolute atomic E-state index is 11.1. The summed E-state index contributed by atoms with van der Waals surface area (Å²) in [6.45, 7) is 1.96.